The maximum absolute atomic E-state index is 2.58. The summed E-state index contributed by atoms with van der Waals surface area (Å²) in [6.07, 6.45) is 8.10. The van der Waals surface area contributed by atoms with Crippen LogP contribution in [0.3, 0.4) is 0 Å². The van der Waals surface area contributed by atoms with Crippen LogP contribution in [0.1, 0.15) is 13.3 Å². The molecule has 0 aliphatic heterocycles. The molecular formula is C55H36N4. The van der Waals surface area contributed by atoms with E-state index in [4.69, 9.17) is 0 Å². The van der Waals surface area contributed by atoms with Crippen molar-refractivity contribution in [2.24, 2.45) is 5.92 Å². The van der Waals surface area contributed by atoms with E-state index in [-0.39, 0.29) is 0 Å². The van der Waals surface area contributed by atoms with Crippen LogP contribution in [0.25, 0.3) is 104 Å². The molecule has 5 heterocycles. The Kier molecular flexibility index (Phi) is 6.04. The van der Waals surface area contributed by atoms with Crippen molar-refractivity contribution in [1.82, 2.24) is 13.4 Å². The van der Waals surface area contributed by atoms with Gasteiger partial charge < -0.3 is 18.3 Å². The molecule has 1 unspecified atom stereocenters. The summed E-state index contributed by atoms with van der Waals surface area (Å²) in [5.74, 6) is 0.525. The molecule has 0 saturated heterocycles. The minimum atomic E-state index is 0.525. The SMILES string of the molecule is CC1C=CC(N(c2ccccc2)c2ccc3c4c5c6ccccc6n6c7cc8c9ccccc9n(-c9ccccc9)c8cc7c(cc4n4c7ccccc7c2c34)c56)=CC1. The summed E-state index contributed by atoms with van der Waals surface area (Å²) in [5, 5.41) is 12.9. The van der Waals surface area contributed by atoms with Crippen LogP contribution in [0.2, 0.25) is 0 Å². The third-order valence-electron chi connectivity index (χ3n) is 13.4. The number of rotatable bonds is 4. The number of aromatic nitrogens is 3. The van der Waals surface area contributed by atoms with Crippen LogP contribution in [0.5, 0.6) is 0 Å². The highest BCUT2D eigenvalue weighted by Crippen LogP contribution is 2.51. The lowest BCUT2D eigenvalue weighted by molar-refractivity contribution is 0.728. The lowest BCUT2D eigenvalue weighted by Crippen LogP contribution is -2.17. The van der Waals surface area contributed by atoms with E-state index in [1.807, 2.05) is 0 Å². The molecule has 8 aromatic carbocycles. The van der Waals surface area contributed by atoms with Gasteiger partial charge in [0.1, 0.15) is 0 Å². The number of allylic oxidation sites excluding steroid dienone is 3. The third-order valence-corrected chi connectivity index (χ3v) is 13.4. The second-order valence-corrected chi connectivity index (χ2v) is 16.5. The van der Waals surface area contributed by atoms with E-state index >= 15 is 0 Å². The van der Waals surface area contributed by atoms with E-state index in [0.717, 1.165) is 6.42 Å². The Balaban J connectivity index is 1.16. The van der Waals surface area contributed by atoms with Crippen LogP contribution < -0.4 is 4.90 Å². The highest BCUT2D eigenvalue weighted by atomic mass is 15.2. The van der Waals surface area contributed by atoms with E-state index < -0.39 is 0 Å². The minimum Gasteiger partial charge on any atom is -0.310 e. The highest BCUT2D eigenvalue weighted by molar-refractivity contribution is 6.39. The first kappa shape index (κ1) is 31.5. The number of hydrogen-bond acceptors (Lipinski definition) is 1. The fourth-order valence-electron chi connectivity index (χ4n) is 10.9. The van der Waals surface area contributed by atoms with Gasteiger partial charge >= 0.3 is 0 Å². The summed E-state index contributed by atoms with van der Waals surface area (Å²) >= 11 is 0. The fourth-order valence-corrected chi connectivity index (χ4v) is 10.9. The Morgan fingerprint density at radius 3 is 1.80 bits per heavy atom. The second kappa shape index (κ2) is 11.3. The van der Waals surface area contributed by atoms with E-state index in [0.29, 0.717) is 5.92 Å². The van der Waals surface area contributed by atoms with Crippen molar-refractivity contribution in [3.8, 4) is 5.69 Å². The van der Waals surface area contributed by atoms with Crippen LogP contribution in [-0.4, -0.2) is 13.4 Å². The number of nitrogens with zero attached hydrogens (tertiary/aromatic N) is 4. The minimum absolute atomic E-state index is 0.525. The van der Waals surface area contributed by atoms with Gasteiger partial charge in [-0.05, 0) is 85.1 Å². The van der Waals surface area contributed by atoms with Gasteiger partial charge in [-0.25, -0.2) is 0 Å². The molecule has 1 aliphatic carbocycles. The van der Waals surface area contributed by atoms with Gasteiger partial charge in [0.15, 0.2) is 0 Å². The maximum atomic E-state index is 2.58. The molecule has 4 heteroatoms. The van der Waals surface area contributed by atoms with Crippen LogP contribution in [0.4, 0.5) is 11.4 Å². The number of fused-ring (bicyclic) bond motifs is 16. The zero-order valence-electron chi connectivity index (χ0n) is 32.4. The standard InChI is InChI=1S/C55H36N4/c1-33-24-26-36(27-25-33)56(34-14-4-2-5-15-34)47-29-28-40-51-50(59-45-22-12-9-19-38(45)52(47)54(40)59)32-43-42-31-48-41(30-49(42)58-46-23-13-10-20-39(46)53(51)55(43)58)37-18-8-11-21-44(37)57(48)35-16-6-3-7-17-35/h2-24,26-33H,25H2,1H3. The highest BCUT2D eigenvalue weighted by Gasteiger charge is 2.29. The molecule has 4 nitrogen and oxygen atoms in total. The molecule has 276 valence electrons. The van der Waals surface area contributed by atoms with Gasteiger partial charge in [0.05, 0.1) is 49.8 Å². The Bertz CT molecular complexity index is 3930. The first-order valence-corrected chi connectivity index (χ1v) is 20.8. The predicted molar refractivity (Wildman–Crippen MR) is 250 cm³/mol. The Hall–Kier alpha value is -7.56. The quantitative estimate of drug-likeness (QED) is 0.175. The van der Waals surface area contributed by atoms with Gasteiger partial charge in [-0.3, -0.25) is 0 Å². The number of hydrogen-bond donors (Lipinski definition) is 0. The van der Waals surface area contributed by atoms with Crippen LogP contribution >= 0.6 is 0 Å². The first-order chi connectivity index (χ1) is 29.2. The lowest BCUT2D eigenvalue weighted by Gasteiger charge is -2.29. The van der Waals surface area contributed by atoms with Gasteiger partial charge in [-0.1, -0.05) is 116 Å². The van der Waals surface area contributed by atoms with Gasteiger partial charge in [0.25, 0.3) is 0 Å². The van der Waals surface area contributed by atoms with Gasteiger partial charge in [0.2, 0.25) is 0 Å². The van der Waals surface area contributed by atoms with Crippen LogP contribution in [0, 0.1) is 5.92 Å². The zero-order valence-corrected chi connectivity index (χ0v) is 32.4. The fraction of sp³-hybridized carbons (Fsp3) is 0.0545. The van der Waals surface area contributed by atoms with Crippen molar-refractivity contribution in [2.75, 3.05) is 4.90 Å². The van der Waals surface area contributed by atoms with Crippen molar-refractivity contribution < 1.29 is 0 Å². The summed E-state index contributed by atoms with van der Waals surface area (Å²) in [5.41, 5.74) is 14.8. The molecule has 5 aromatic heterocycles. The summed E-state index contributed by atoms with van der Waals surface area (Å²) in [6.45, 7) is 2.29. The van der Waals surface area contributed by atoms with Crippen molar-refractivity contribution in [1.29, 1.82) is 0 Å². The Labute approximate surface area is 339 Å². The molecule has 0 radical (unpaired) electrons. The molecule has 1 atom stereocenters. The maximum Gasteiger partial charge on any atom is 0.0641 e. The van der Waals surface area contributed by atoms with Crippen molar-refractivity contribution in [2.45, 2.75) is 13.3 Å². The number of benzene rings is 8. The molecule has 0 fully saturated rings. The van der Waals surface area contributed by atoms with Crippen LogP contribution in [0.15, 0.2) is 188 Å². The normalized spacial score (nSPS) is 15.0. The zero-order chi connectivity index (χ0) is 38.5. The average molecular weight is 753 g/mol. The van der Waals surface area contributed by atoms with Gasteiger partial charge in [-0.15, -0.1) is 0 Å². The third kappa shape index (κ3) is 3.98. The van der Waals surface area contributed by atoms with E-state index in [1.165, 1.54) is 121 Å². The molecule has 1 aliphatic rings. The predicted octanol–water partition coefficient (Wildman–Crippen LogP) is 14.7. The van der Waals surface area contributed by atoms with Crippen LogP contribution in [-0.2, 0) is 0 Å². The van der Waals surface area contributed by atoms with Crippen molar-refractivity contribution in [3.05, 3.63) is 188 Å². The van der Waals surface area contributed by atoms with Crippen molar-refractivity contribution in [3.63, 3.8) is 0 Å². The number of para-hydroxylation sites is 5. The second-order valence-electron chi connectivity index (χ2n) is 16.5. The number of anilines is 2. The molecule has 14 rings (SSSR count). The molecule has 13 aromatic rings. The molecular weight excluding hydrogens is 717 g/mol. The topological polar surface area (TPSA) is 17.0 Å². The monoisotopic (exact) mass is 752 g/mol. The molecule has 0 bridgehead atoms. The molecule has 0 spiro atoms. The Morgan fingerprint density at radius 2 is 1.05 bits per heavy atom. The smallest absolute Gasteiger partial charge is 0.0641 e. The lowest BCUT2D eigenvalue weighted by atomic mass is 9.98. The largest absolute Gasteiger partial charge is 0.310 e. The average Bonchev–Trinajstić information content (AvgIpc) is 4.07. The molecule has 0 N–H and O–H groups in total. The van der Waals surface area contributed by atoms with Gasteiger partial charge in [0, 0.05) is 70.9 Å². The summed E-state index contributed by atoms with van der Waals surface area (Å²) in [6, 6.07) is 60.9. The molecule has 0 saturated carbocycles. The summed E-state index contributed by atoms with van der Waals surface area (Å²) in [4.78, 5) is 2.48. The Morgan fingerprint density at radius 1 is 0.458 bits per heavy atom. The van der Waals surface area contributed by atoms with Gasteiger partial charge in [-0.2, -0.15) is 0 Å². The first-order valence-electron chi connectivity index (χ1n) is 20.8. The van der Waals surface area contributed by atoms with E-state index in [1.54, 1.807) is 0 Å². The van der Waals surface area contributed by atoms with Crippen molar-refractivity contribution >= 4 is 109 Å². The summed E-state index contributed by atoms with van der Waals surface area (Å²) < 4.78 is 7.58. The molecule has 59 heavy (non-hydrogen) atoms. The van der Waals surface area contributed by atoms with E-state index in [2.05, 4.69) is 207 Å². The molecule has 0 amide bonds. The van der Waals surface area contributed by atoms with E-state index in [9.17, 15) is 0 Å². The summed E-state index contributed by atoms with van der Waals surface area (Å²) in [7, 11) is 0.